The Morgan fingerprint density at radius 2 is 1.81 bits per heavy atom. The van der Waals surface area contributed by atoms with Gasteiger partial charge in [0, 0.05) is 22.5 Å². The number of hydrogen-bond acceptors (Lipinski definition) is 5. The van der Waals surface area contributed by atoms with E-state index in [9.17, 15) is 22.0 Å². The number of pyridine rings is 1. The zero-order valence-corrected chi connectivity index (χ0v) is 20.4. The molecule has 2 N–H and O–H groups in total. The van der Waals surface area contributed by atoms with Crippen molar-refractivity contribution in [2.75, 3.05) is 16.3 Å². The van der Waals surface area contributed by atoms with E-state index in [0.29, 0.717) is 24.2 Å². The second kappa shape index (κ2) is 10.4. The highest BCUT2D eigenvalue weighted by molar-refractivity contribution is 7.92. The molecule has 2 aromatic carbocycles. The Hall–Kier alpha value is -3.83. The Bertz CT molecular complexity index is 1540. The maximum absolute atomic E-state index is 13.9. The predicted octanol–water partition coefficient (Wildman–Crippen LogP) is 4.61. The minimum absolute atomic E-state index is 0.176. The van der Waals surface area contributed by atoms with Crippen LogP contribution in [0.4, 0.5) is 20.2 Å². The molecule has 0 atom stereocenters. The van der Waals surface area contributed by atoms with Gasteiger partial charge in [-0.1, -0.05) is 23.7 Å². The fraction of sp³-hybridized carbons (Fsp3) is 0.125. The van der Waals surface area contributed by atoms with E-state index >= 15 is 0 Å². The standard InChI is InChI=1S/C24H20ClF2N5O3S/c1-36(34,35)31-22-10-18(25)9-21(11-22)30-24(33)17-12-29-32(14-17)23-16(8-20(27)13-28-23)6-5-15-3-2-4-19(26)7-15/h2-4,7-14,31H,5-6H2,1H3,(H,30,33). The summed E-state index contributed by atoms with van der Waals surface area (Å²) in [5, 5.41) is 7.04. The molecule has 1 amide bonds. The van der Waals surface area contributed by atoms with Crippen LogP contribution in [0, 0.1) is 11.6 Å². The van der Waals surface area contributed by atoms with Gasteiger partial charge in [0.25, 0.3) is 5.91 Å². The first-order chi connectivity index (χ1) is 17.1. The van der Waals surface area contributed by atoms with E-state index in [1.165, 1.54) is 53.5 Å². The summed E-state index contributed by atoms with van der Waals surface area (Å²) in [5.41, 5.74) is 1.91. The monoisotopic (exact) mass is 531 g/mol. The molecule has 4 rings (SSSR count). The van der Waals surface area contributed by atoms with Gasteiger partial charge in [0.15, 0.2) is 5.82 Å². The molecule has 0 bridgehead atoms. The average Bonchev–Trinajstić information content (AvgIpc) is 3.26. The van der Waals surface area contributed by atoms with Gasteiger partial charge in [0.2, 0.25) is 10.0 Å². The summed E-state index contributed by atoms with van der Waals surface area (Å²) in [7, 11) is -3.54. The number of carbonyl (C=O) groups is 1. The topological polar surface area (TPSA) is 106 Å². The summed E-state index contributed by atoms with van der Waals surface area (Å²) < 4.78 is 54.1. The third kappa shape index (κ3) is 6.64. The third-order valence-corrected chi connectivity index (χ3v) is 5.83. The number of rotatable bonds is 8. The number of carbonyl (C=O) groups excluding carboxylic acids is 1. The number of anilines is 2. The second-order valence-electron chi connectivity index (χ2n) is 8.00. The van der Waals surface area contributed by atoms with Gasteiger partial charge in [-0.3, -0.25) is 9.52 Å². The summed E-state index contributed by atoms with van der Waals surface area (Å²) >= 11 is 6.04. The van der Waals surface area contributed by atoms with Gasteiger partial charge in [-0.25, -0.2) is 26.9 Å². The molecule has 0 saturated carbocycles. The van der Waals surface area contributed by atoms with E-state index in [2.05, 4.69) is 20.1 Å². The van der Waals surface area contributed by atoms with E-state index in [1.54, 1.807) is 12.1 Å². The van der Waals surface area contributed by atoms with Crippen LogP contribution in [0.15, 0.2) is 67.1 Å². The van der Waals surface area contributed by atoms with Crippen molar-refractivity contribution >= 4 is 38.9 Å². The number of nitrogens with one attached hydrogen (secondary N) is 2. The maximum atomic E-state index is 13.9. The zero-order valence-electron chi connectivity index (χ0n) is 18.9. The zero-order chi connectivity index (χ0) is 25.9. The fourth-order valence-electron chi connectivity index (χ4n) is 3.53. The summed E-state index contributed by atoms with van der Waals surface area (Å²) in [6.45, 7) is 0. The Morgan fingerprint density at radius 1 is 1.03 bits per heavy atom. The van der Waals surface area contributed by atoms with E-state index in [0.717, 1.165) is 18.0 Å². The number of aromatic nitrogens is 3. The van der Waals surface area contributed by atoms with Gasteiger partial charge >= 0.3 is 0 Å². The molecule has 0 spiro atoms. The lowest BCUT2D eigenvalue weighted by atomic mass is 10.0. The van der Waals surface area contributed by atoms with Gasteiger partial charge in [-0.2, -0.15) is 5.10 Å². The van der Waals surface area contributed by atoms with Gasteiger partial charge < -0.3 is 5.32 Å². The van der Waals surface area contributed by atoms with Crippen molar-refractivity contribution in [3.05, 3.63) is 100 Å². The second-order valence-corrected chi connectivity index (χ2v) is 10.2. The number of amides is 1. The third-order valence-electron chi connectivity index (χ3n) is 5.00. The van der Waals surface area contributed by atoms with Crippen LogP contribution in [0.3, 0.4) is 0 Å². The maximum Gasteiger partial charge on any atom is 0.258 e. The van der Waals surface area contributed by atoms with Crippen LogP contribution >= 0.6 is 11.6 Å². The molecule has 4 aromatic rings. The predicted molar refractivity (Wildman–Crippen MR) is 133 cm³/mol. The van der Waals surface area contributed by atoms with Crippen molar-refractivity contribution < 1.29 is 22.0 Å². The molecule has 8 nitrogen and oxygen atoms in total. The molecule has 2 aromatic heterocycles. The molecular weight excluding hydrogens is 512 g/mol. The van der Waals surface area contributed by atoms with E-state index < -0.39 is 21.7 Å². The Morgan fingerprint density at radius 3 is 2.56 bits per heavy atom. The van der Waals surface area contributed by atoms with Crippen molar-refractivity contribution in [2.45, 2.75) is 12.8 Å². The van der Waals surface area contributed by atoms with Crippen LogP contribution in [-0.4, -0.2) is 35.3 Å². The normalized spacial score (nSPS) is 11.3. The van der Waals surface area contributed by atoms with Crippen molar-refractivity contribution in [1.29, 1.82) is 0 Å². The first kappa shape index (κ1) is 25.3. The van der Waals surface area contributed by atoms with Crippen LogP contribution in [0.25, 0.3) is 5.82 Å². The minimum atomic E-state index is -3.54. The highest BCUT2D eigenvalue weighted by Gasteiger charge is 2.15. The summed E-state index contributed by atoms with van der Waals surface area (Å²) in [6.07, 6.45) is 5.60. The van der Waals surface area contributed by atoms with E-state index in [1.807, 2.05) is 0 Å². The SMILES string of the molecule is CS(=O)(=O)Nc1cc(Cl)cc(NC(=O)c2cnn(-c3ncc(F)cc3CCc3cccc(F)c3)c2)c1. The van der Waals surface area contributed by atoms with Crippen LogP contribution in [0.2, 0.25) is 5.02 Å². The molecule has 36 heavy (non-hydrogen) atoms. The van der Waals surface area contributed by atoms with Crippen LogP contribution in [0.5, 0.6) is 0 Å². The molecular formula is C24H20ClF2N5O3S. The average molecular weight is 532 g/mol. The van der Waals surface area contributed by atoms with Crippen LogP contribution < -0.4 is 10.0 Å². The molecule has 0 aliphatic heterocycles. The van der Waals surface area contributed by atoms with Crippen molar-refractivity contribution in [2.24, 2.45) is 0 Å². The van der Waals surface area contributed by atoms with Crippen molar-refractivity contribution in [3.8, 4) is 5.82 Å². The summed E-state index contributed by atoms with van der Waals surface area (Å²) in [5.74, 6) is -1.09. The first-order valence-corrected chi connectivity index (χ1v) is 12.9. The number of halogens is 3. The van der Waals surface area contributed by atoms with Gasteiger partial charge in [-0.05, 0) is 54.8 Å². The van der Waals surface area contributed by atoms with Gasteiger partial charge in [-0.15, -0.1) is 0 Å². The van der Waals surface area contributed by atoms with Gasteiger partial charge in [0.1, 0.15) is 11.6 Å². The lowest BCUT2D eigenvalue weighted by molar-refractivity contribution is 0.102. The molecule has 0 aliphatic rings. The summed E-state index contributed by atoms with van der Waals surface area (Å²) in [4.78, 5) is 16.9. The first-order valence-electron chi connectivity index (χ1n) is 10.6. The van der Waals surface area contributed by atoms with Crippen LogP contribution in [0.1, 0.15) is 21.5 Å². The summed E-state index contributed by atoms with van der Waals surface area (Å²) in [6, 6.07) is 11.8. The van der Waals surface area contributed by atoms with Crippen molar-refractivity contribution in [3.63, 3.8) is 0 Å². The molecule has 0 fully saturated rings. The minimum Gasteiger partial charge on any atom is -0.322 e. The molecule has 2 heterocycles. The van der Waals surface area contributed by atoms with Gasteiger partial charge in [0.05, 0.1) is 29.9 Å². The molecule has 0 radical (unpaired) electrons. The molecule has 0 saturated heterocycles. The molecule has 0 aliphatic carbocycles. The Labute approximate surface area is 211 Å². The number of hydrogen-bond donors (Lipinski definition) is 2. The van der Waals surface area contributed by atoms with E-state index in [-0.39, 0.29) is 27.8 Å². The lowest BCUT2D eigenvalue weighted by Gasteiger charge is -2.10. The quantitative estimate of drug-likeness (QED) is 0.345. The molecule has 0 unspecified atom stereocenters. The lowest BCUT2D eigenvalue weighted by Crippen LogP contribution is -2.13. The number of aryl methyl sites for hydroxylation is 2. The highest BCUT2D eigenvalue weighted by atomic mass is 35.5. The van der Waals surface area contributed by atoms with Crippen molar-refractivity contribution in [1.82, 2.24) is 14.8 Å². The molecule has 186 valence electrons. The Balaban J connectivity index is 1.53. The number of sulfonamides is 1. The smallest absolute Gasteiger partial charge is 0.258 e. The van der Waals surface area contributed by atoms with Crippen LogP contribution in [-0.2, 0) is 22.9 Å². The largest absolute Gasteiger partial charge is 0.322 e. The number of benzene rings is 2. The number of nitrogens with zero attached hydrogens (tertiary/aromatic N) is 3. The fourth-order valence-corrected chi connectivity index (χ4v) is 4.31. The highest BCUT2D eigenvalue weighted by Crippen LogP contribution is 2.24. The molecule has 12 heteroatoms. The Kier molecular flexibility index (Phi) is 7.32. The van der Waals surface area contributed by atoms with E-state index in [4.69, 9.17) is 11.6 Å².